The lowest BCUT2D eigenvalue weighted by atomic mass is 10.2. The van der Waals surface area contributed by atoms with E-state index in [1.54, 1.807) is 30.3 Å². The van der Waals surface area contributed by atoms with Crippen LogP contribution in [0.3, 0.4) is 0 Å². The first-order chi connectivity index (χ1) is 9.87. The molecule has 0 saturated heterocycles. The number of nitrogens with one attached hydrogen (secondary N) is 1. The van der Waals surface area contributed by atoms with Crippen molar-refractivity contribution >= 4 is 21.7 Å². The maximum atomic E-state index is 12.0. The fourth-order valence-electron chi connectivity index (χ4n) is 1.75. The van der Waals surface area contributed by atoms with Crippen molar-refractivity contribution in [2.75, 3.05) is 4.72 Å². The zero-order valence-corrected chi connectivity index (χ0v) is 11.7. The van der Waals surface area contributed by atoms with Gasteiger partial charge in [0.25, 0.3) is 0 Å². The van der Waals surface area contributed by atoms with Gasteiger partial charge in [0.15, 0.2) is 0 Å². The molecule has 0 amide bonds. The minimum absolute atomic E-state index is 0.120. The number of aromatic carboxylic acids is 1. The van der Waals surface area contributed by atoms with Gasteiger partial charge in [0.1, 0.15) is 5.75 Å². The average Bonchev–Trinajstić information content (AvgIpc) is 2.41. The summed E-state index contributed by atoms with van der Waals surface area (Å²) in [5.41, 5.74) is 0.301. The van der Waals surface area contributed by atoms with Gasteiger partial charge in [0, 0.05) is 0 Å². The van der Waals surface area contributed by atoms with Crippen LogP contribution >= 0.6 is 0 Å². The summed E-state index contributed by atoms with van der Waals surface area (Å²) in [7, 11) is -3.76. The van der Waals surface area contributed by atoms with Crippen molar-refractivity contribution in [1.82, 2.24) is 0 Å². The van der Waals surface area contributed by atoms with Gasteiger partial charge in [-0.1, -0.05) is 30.3 Å². The quantitative estimate of drug-likeness (QED) is 0.733. The molecule has 6 nitrogen and oxygen atoms in total. The van der Waals surface area contributed by atoms with Crippen molar-refractivity contribution in [1.29, 1.82) is 0 Å². The molecule has 0 aliphatic heterocycles. The van der Waals surface area contributed by atoms with Gasteiger partial charge >= 0.3 is 5.97 Å². The lowest BCUT2D eigenvalue weighted by Gasteiger charge is -2.10. The van der Waals surface area contributed by atoms with Crippen molar-refractivity contribution < 1.29 is 23.4 Å². The molecule has 0 spiro atoms. The number of sulfonamides is 1. The molecule has 2 aromatic rings. The third kappa shape index (κ3) is 3.96. The highest BCUT2D eigenvalue weighted by Gasteiger charge is 2.15. The lowest BCUT2D eigenvalue weighted by Crippen LogP contribution is -2.15. The van der Waals surface area contributed by atoms with Gasteiger partial charge in [-0.15, -0.1) is 0 Å². The van der Waals surface area contributed by atoms with Gasteiger partial charge in [-0.05, 0) is 23.8 Å². The lowest BCUT2D eigenvalue weighted by molar-refractivity contribution is 0.0697. The zero-order chi connectivity index (χ0) is 15.5. The minimum atomic E-state index is -3.76. The van der Waals surface area contributed by atoms with Crippen LogP contribution in [0.15, 0.2) is 48.5 Å². The van der Waals surface area contributed by atoms with E-state index >= 15 is 0 Å². The molecule has 0 unspecified atom stereocenters. The fourth-order valence-corrected chi connectivity index (χ4v) is 2.95. The van der Waals surface area contributed by atoms with E-state index in [2.05, 4.69) is 4.72 Å². The van der Waals surface area contributed by atoms with E-state index in [4.69, 9.17) is 5.11 Å². The second-order valence-electron chi connectivity index (χ2n) is 4.38. The second kappa shape index (κ2) is 5.84. The van der Waals surface area contributed by atoms with E-state index in [0.717, 1.165) is 12.1 Å². The number of rotatable bonds is 5. The Morgan fingerprint density at radius 2 is 1.76 bits per heavy atom. The summed E-state index contributed by atoms with van der Waals surface area (Å²) >= 11 is 0. The van der Waals surface area contributed by atoms with E-state index in [1.165, 1.54) is 6.07 Å². The molecule has 0 aromatic heterocycles. The third-order valence-corrected chi connectivity index (χ3v) is 3.95. The SMILES string of the molecule is O=C(O)c1ccc(O)c(NS(=O)(=O)Cc2ccccc2)c1. The Labute approximate surface area is 121 Å². The summed E-state index contributed by atoms with van der Waals surface area (Å²) in [6.45, 7) is 0. The fraction of sp³-hybridized carbons (Fsp3) is 0.0714. The largest absolute Gasteiger partial charge is 0.506 e. The minimum Gasteiger partial charge on any atom is -0.506 e. The Hall–Kier alpha value is -2.54. The molecular weight excluding hydrogens is 294 g/mol. The van der Waals surface area contributed by atoms with E-state index in [1.807, 2.05) is 0 Å². The van der Waals surface area contributed by atoms with Gasteiger partial charge in [-0.25, -0.2) is 13.2 Å². The Morgan fingerprint density at radius 3 is 2.38 bits per heavy atom. The van der Waals surface area contributed by atoms with Crippen LogP contribution in [-0.4, -0.2) is 24.6 Å². The monoisotopic (exact) mass is 307 g/mol. The van der Waals surface area contributed by atoms with Crippen molar-refractivity contribution in [3.63, 3.8) is 0 Å². The summed E-state index contributed by atoms with van der Waals surface area (Å²) in [5.74, 6) is -1.82. The van der Waals surface area contributed by atoms with Crippen LogP contribution in [0.4, 0.5) is 5.69 Å². The number of carboxylic acids is 1. The number of aromatic hydroxyl groups is 1. The number of anilines is 1. The smallest absolute Gasteiger partial charge is 0.335 e. The summed E-state index contributed by atoms with van der Waals surface area (Å²) in [6.07, 6.45) is 0. The average molecular weight is 307 g/mol. The maximum absolute atomic E-state index is 12.0. The summed E-state index contributed by atoms with van der Waals surface area (Å²) in [6, 6.07) is 11.9. The number of benzene rings is 2. The normalized spacial score (nSPS) is 11.0. The van der Waals surface area contributed by atoms with Crippen LogP contribution in [0.25, 0.3) is 0 Å². The predicted octanol–water partition coefficient (Wildman–Crippen LogP) is 2.03. The molecule has 0 fully saturated rings. The number of phenols is 1. The first-order valence-corrected chi connectivity index (χ1v) is 7.63. The van der Waals surface area contributed by atoms with Gasteiger partial charge < -0.3 is 10.2 Å². The Balaban J connectivity index is 2.24. The number of phenolic OH excluding ortho intramolecular Hbond substituents is 1. The van der Waals surface area contributed by atoms with Crippen LogP contribution in [0.1, 0.15) is 15.9 Å². The van der Waals surface area contributed by atoms with Crippen molar-refractivity contribution in [3.8, 4) is 5.75 Å². The van der Waals surface area contributed by atoms with Gasteiger partial charge in [0.05, 0.1) is 17.0 Å². The van der Waals surface area contributed by atoms with Crippen LogP contribution in [0.2, 0.25) is 0 Å². The molecule has 7 heteroatoms. The first-order valence-electron chi connectivity index (χ1n) is 5.98. The van der Waals surface area contributed by atoms with Crippen LogP contribution < -0.4 is 4.72 Å². The Kier molecular flexibility index (Phi) is 4.13. The molecule has 3 N–H and O–H groups in total. The van der Waals surface area contributed by atoms with Crippen LogP contribution in [0, 0.1) is 0 Å². The highest BCUT2D eigenvalue weighted by molar-refractivity contribution is 7.91. The molecule has 21 heavy (non-hydrogen) atoms. The third-order valence-electron chi connectivity index (χ3n) is 2.71. The highest BCUT2D eigenvalue weighted by Crippen LogP contribution is 2.26. The van der Waals surface area contributed by atoms with E-state index in [9.17, 15) is 18.3 Å². The summed E-state index contributed by atoms with van der Waals surface area (Å²) < 4.78 is 26.3. The topological polar surface area (TPSA) is 104 Å². The van der Waals surface area contributed by atoms with Gasteiger partial charge in [0.2, 0.25) is 10.0 Å². The molecule has 0 bridgehead atoms. The Morgan fingerprint density at radius 1 is 1.10 bits per heavy atom. The molecule has 110 valence electrons. The molecule has 0 aliphatic carbocycles. The molecule has 2 aromatic carbocycles. The summed E-state index contributed by atoms with van der Waals surface area (Å²) in [4.78, 5) is 10.9. The molecular formula is C14H13NO5S. The first kappa shape index (κ1) is 14.9. The Bertz CT molecular complexity index is 756. The van der Waals surface area contributed by atoms with Crippen LogP contribution in [0.5, 0.6) is 5.75 Å². The predicted molar refractivity (Wildman–Crippen MR) is 77.8 cm³/mol. The van der Waals surface area contributed by atoms with Crippen molar-refractivity contribution in [2.24, 2.45) is 0 Å². The standard InChI is InChI=1S/C14H13NO5S/c16-13-7-6-11(14(17)18)8-12(13)15-21(19,20)9-10-4-2-1-3-5-10/h1-8,15-16H,9H2,(H,17,18). The number of hydrogen-bond acceptors (Lipinski definition) is 4. The number of carbonyl (C=O) groups is 1. The molecule has 0 aliphatic rings. The molecule has 0 atom stereocenters. The molecule has 0 saturated carbocycles. The van der Waals surface area contributed by atoms with E-state index in [-0.39, 0.29) is 22.8 Å². The van der Waals surface area contributed by atoms with E-state index < -0.39 is 16.0 Å². The van der Waals surface area contributed by atoms with E-state index in [0.29, 0.717) is 5.56 Å². The van der Waals surface area contributed by atoms with Crippen molar-refractivity contribution in [2.45, 2.75) is 5.75 Å². The molecule has 0 heterocycles. The number of carboxylic acid groups (broad SMARTS) is 1. The van der Waals surface area contributed by atoms with Gasteiger partial charge in [-0.3, -0.25) is 4.72 Å². The van der Waals surface area contributed by atoms with Gasteiger partial charge in [-0.2, -0.15) is 0 Å². The highest BCUT2D eigenvalue weighted by atomic mass is 32.2. The van der Waals surface area contributed by atoms with Crippen molar-refractivity contribution in [3.05, 3.63) is 59.7 Å². The number of hydrogen-bond donors (Lipinski definition) is 3. The second-order valence-corrected chi connectivity index (χ2v) is 6.11. The zero-order valence-electron chi connectivity index (χ0n) is 10.9. The molecule has 0 radical (unpaired) electrons. The maximum Gasteiger partial charge on any atom is 0.335 e. The molecule has 2 rings (SSSR count). The summed E-state index contributed by atoms with van der Waals surface area (Å²) in [5, 5.41) is 18.5. The van der Waals surface area contributed by atoms with Crippen LogP contribution in [-0.2, 0) is 15.8 Å².